The van der Waals surface area contributed by atoms with Gasteiger partial charge in [-0.05, 0) is 56.2 Å². The van der Waals surface area contributed by atoms with Gasteiger partial charge < -0.3 is 15.4 Å². The highest BCUT2D eigenvalue weighted by molar-refractivity contribution is 7.89. The van der Waals surface area contributed by atoms with E-state index in [0.29, 0.717) is 43.1 Å². The standard InChI is InChI=1S/C22H26ClN3O5S/c1-3-31-21-10-9-19(13-20(21)23)32(29,30)26-11-5-6-16(14-26)22(28)25-18-8-4-7-17(12-18)24-15(2)27/h4,7-10,12-13,16H,3,5-6,11,14H2,1-2H3,(H,24,27)(H,25,28)/t16-/m0/s1. The number of carbonyl (C=O) groups excluding carboxylic acids is 2. The molecule has 3 rings (SSSR count). The van der Waals surface area contributed by atoms with Gasteiger partial charge in [0.05, 0.1) is 22.4 Å². The fraction of sp³-hybridized carbons (Fsp3) is 0.364. The van der Waals surface area contributed by atoms with Crippen LogP contribution >= 0.6 is 11.6 Å². The van der Waals surface area contributed by atoms with Gasteiger partial charge in [0.15, 0.2) is 0 Å². The van der Waals surface area contributed by atoms with Gasteiger partial charge in [-0.15, -0.1) is 0 Å². The lowest BCUT2D eigenvalue weighted by atomic mass is 9.98. The van der Waals surface area contributed by atoms with Crippen LogP contribution in [-0.2, 0) is 19.6 Å². The minimum atomic E-state index is -3.81. The Hall–Kier alpha value is -2.62. The fourth-order valence-corrected chi connectivity index (χ4v) is 5.41. The van der Waals surface area contributed by atoms with Crippen LogP contribution in [-0.4, -0.2) is 44.2 Å². The van der Waals surface area contributed by atoms with Crippen molar-refractivity contribution in [1.82, 2.24) is 4.31 Å². The van der Waals surface area contributed by atoms with E-state index in [1.165, 1.54) is 29.4 Å². The molecule has 0 aromatic heterocycles. The molecule has 1 aliphatic heterocycles. The average molecular weight is 480 g/mol. The lowest BCUT2D eigenvalue weighted by molar-refractivity contribution is -0.121. The van der Waals surface area contributed by atoms with Crippen LogP contribution in [0.4, 0.5) is 11.4 Å². The number of hydrogen-bond acceptors (Lipinski definition) is 5. The predicted molar refractivity (Wildman–Crippen MR) is 123 cm³/mol. The van der Waals surface area contributed by atoms with Gasteiger partial charge in [0.1, 0.15) is 5.75 Å². The summed E-state index contributed by atoms with van der Waals surface area (Å²) < 4.78 is 33.0. The van der Waals surface area contributed by atoms with Crippen molar-refractivity contribution >= 4 is 44.8 Å². The number of halogens is 1. The van der Waals surface area contributed by atoms with Gasteiger partial charge in [0, 0.05) is 31.4 Å². The Bertz CT molecular complexity index is 1110. The maximum atomic E-state index is 13.1. The fourth-order valence-electron chi connectivity index (χ4n) is 3.56. The predicted octanol–water partition coefficient (Wildman–Crippen LogP) is 3.74. The van der Waals surface area contributed by atoms with Crippen molar-refractivity contribution in [2.45, 2.75) is 31.6 Å². The molecule has 1 heterocycles. The van der Waals surface area contributed by atoms with Gasteiger partial charge in [0.25, 0.3) is 0 Å². The maximum absolute atomic E-state index is 13.1. The third-order valence-corrected chi connectivity index (χ3v) is 7.20. The summed E-state index contributed by atoms with van der Waals surface area (Å²) in [6.45, 7) is 4.04. The van der Waals surface area contributed by atoms with Crippen LogP contribution in [0, 0.1) is 5.92 Å². The molecule has 172 valence electrons. The number of piperidine rings is 1. The summed E-state index contributed by atoms with van der Waals surface area (Å²) in [5.74, 6) is -0.558. The third-order valence-electron chi connectivity index (χ3n) is 5.05. The summed E-state index contributed by atoms with van der Waals surface area (Å²) in [7, 11) is -3.81. The molecule has 1 fully saturated rings. The van der Waals surface area contributed by atoms with Gasteiger partial charge >= 0.3 is 0 Å². The Labute approximate surface area is 192 Å². The van der Waals surface area contributed by atoms with Crippen molar-refractivity contribution in [1.29, 1.82) is 0 Å². The Balaban J connectivity index is 1.71. The number of rotatable bonds is 7. The zero-order valence-corrected chi connectivity index (χ0v) is 19.5. The van der Waals surface area contributed by atoms with Crippen molar-refractivity contribution < 1.29 is 22.7 Å². The zero-order chi connectivity index (χ0) is 23.3. The van der Waals surface area contributed by atoms with E-state index in [-0.39, 0.29) is 28.3 Å². The summed E-state index contributed by atoms with van der Waals surface area (Å²) in [5.41, 5.74) is 1.09. The van der Waals surface area contributed by atoms with Crippen molar-refractivity contribution in [2.24, 2.45) is 5.92 Å². The largest absolute Gasteiger partial charge is 0.492 e. The van der Waals surface area contributed by atoms with Gasteiger partial charge in [-0.2, -0.15) is 4.31 Å². The summed E-state index contributed by atoms with van der Waals surface area (Å²) in [6.07, 6.45) is 1.14. The Morgan fingerprint density at radius 1 is 1.16 bits per heavy atom. The number of hydrogen-bond donors (Lipinski definition) is 2. The molecule has 0 saturated carbocycles. The summed E-state index contributed by atoms with van der Waals surface area (Å²) in [5, 5.41) is 5.70. The highest BCUT2D eigenvalue weighted by Gasteiger charge is 2.33. The van der Waals surface area contributed by atoms with E-state index in [0.717, 1.165) is 0 Å². The number of ether oxygens (including phenoxy) is 1. The second kappa shape index (κ2) is 10.3. The lowest BCUT2D eigenvalue weighted by Crippen LogP contribution is -2.43. The summed E-state index contributed by atoms with van der Waals surface area (Å²) in [6, 6.07) is 11.2. The first-order valence-corrected chi connectivity index (χ1v) is 12.1. The summed E-state index contributed by atoms with van der Waals surface area (Å²) >= 11 is 6.17. The second-order valence-electron chi connectivity index (χ2n) is 7.48. The van der Waals surface area contributed by atoms with Crippen molar-refractivity contribution in [3.8, 4) is 5.75 Å². The van der Waals surface area contributed by atoms with Gasteiger partial charge in [-0.25, -0.2) is 8.42 Å². The molecule has 8 nitrogen and oxygen atoms in total. The minimum absolute atomic E-state index is 0.0648. The first-order chi connectivity index (χ1) is 15.2. The quantitative estimate of drug-likeness (QED) is 0.629. The van der Waals surface area contributed by atoms with E-state index in [1.807, 2.05) is 6.92 Å². The highest BCUT2D eigenvalue weighted by atomic mass is 35.5. The van der Waals surface area contributed by atoms with Crippen LogP contribution < -0.4 is 15.4 Å². The molecule has 10 heteroatoms. The van der Waals surface area contributed by atoms with Gasteiger partial charge in [0.2, 0.25) is 21.8 Å². The summed E-state index contributed by atoms with van der Waals surface area (Å²) in [4.78, 5) is 24.1. The maximum Gasteiger partial charge on any atom is 0.243 e. The molecule has 1 saturated heterocycles. The first-order valence-electron chi connectivity index (χ1n) is 10.3. The molecular formula is C22H26ClN3O5S. The van der Waals surface area contributed by atoms with E-state index >= 15 is 0 Å². The number of nitrogens with zero attached hydrogens (tertiary/aromatic N) is 1. The minimum Gasteiger partial charge on any atom is -0.492 e. The van der Waals surface area contributed by atoms with Crippen LogP contribution in [0.5, 0.6) is 5.75 Å². The number of nitrogens with one attached hydrogen (secondary N) is 2. The number of benzene rings is 2. The number of sulfonamides is 1. The van der Waals surface area contributed by atoms with E-state index in [9.17, 15) is 18.0 Å². The molecule has 2 aromatic carbocycles. The van der Waals surface area contributed by atoms with Crippen LogP contribution in [0.1, 0.15) is 26.7 Å². The Morgan fingerprint density at radius 3 is 2.53 bits per heavy atom. The molecule has 32 heavy (non-hydrogen) atoms. The molecule has 0 bridgehead atoms. The highest BCUT2D eigenvalue weighted by Crippen LogP contribution is 2.31. The molecule has 2 amide bonds. The lowest BCUT2D eigenvalue weighted by Gasteiger charge is -2.31. The molecule has 1 aliphatic rings. The number of amides is 2. The third kappa shape index (κ3) is 5.79. The Morgan fingerprint density at radius 2 is 1.88 bits per heavy atom. The van der Waals surface area contributed by atoms with Crippen LogP contribution in [0.3, 0.4) is 0 Å². The van der Waals surface area contributed by atoms with Crippen molar-refractivity contribution in [3.05, 3.63) is 47.5 Å². The normalized spacial score (nSPS) is 16.9. The van der Waals surface area contributed by atoms with Crippen LogP contribution in [0.2, 0.25) is 5.02 Å². The first kappa shape index (κ1) is 24.0. The topological polar surface area (TPSA) is 105 Å². The van der Waals surface area contributed by atoms with E-state index in [2.05, 4.69) is 10.6 Å². The molecule has 0 aliphatic carbocycles. The molecule has 2 aromatic rings. The zero-order valence-electron chi connectivity index (χ0n) is 17.9. The number of carbonyl (C=O) groups is 2. The number of anilines is 2. The van der Waals surface area contributed by atoms with E-state index < -0.39 is 15.9 Å². The molecule has 0 unspecified atom stereocenters. The van der Waals surface area contributed by atoms with Crippen LogP contribution in [0.25, 0.3) is 0 Å². The molecule has 2 N–H and O–H groups in total. The van der Waals surface area contributed by atoms with Crippen molar-refractivity contribution in [2.75, 3.05) is 30.3 Å². The van der Waals surface area contributed by atoms with Gasteiger partial charge in [-0.1, -0.05) is 17.7 Å². The monoisotopic (exact) mass is 479 g/mol. The smallest absolute Gasteiger partial charge is 0.243 e. The molecular weight excluding hydrogens is 454 g/mol. The SMILES string of the molecule is CCOc1ccc(S(=O)(=O)N2CCC[C@H](C(=O)Nc3cccc(NC(C)=O)c3)C2)cc1Cl. The molecule has 0 spiro atoms. The van der Waals surface area contributed by atoms with E-state index in [4.69, 9.17) is 16.3 Å². The van der Waals surface area contributed by atoms with Crippen LogP contribution in [0.15, 0.2) is 47.4 Å². The van der Waals surface area contributed by atoms with Gasteiger partial charge in [-0.3, -0.25) is 9.59 Å². The van der Waals surface area contributed by atoms with E-state index in [1.54, 1.807) is 24.3 Å². The second-order valence-corrected chi connectivity index (χ2v) is 9.82. The average Bonchev–Trinajstić information content (AvgIpc) is 2.75. The molecule has 0 radical (unpaired) electrons. The Kier molecular flexibility index (Phi) is 7.76. The van der Waals surface area contributed by atoms with Crippen molar-refractivity contribution in [3.63, 3.8) is 0 Å². The molecule has 1 atom stereocenters.